The van der Waals surface area contributed by atoms with Crippen LogP contribution in [-0.4, -0.2) is 24.9 Å². The highest BCUT2D eigenvalue weighted by molar-refractivity contribution is 5.97. The third-order valence-electron chi connectivity index (χ3n) is 4.67. The van der Waals surface area contributed by atoms with Gasteiger partial charge in [-0.15, -0.1) is 0 Å². The number of carbonyl (C=O) groups excluding carboxylic acids is 2. The highest BCUT2D eigenvalue weighted by atomic mass is 16.3. The second-order valence-electron chi connectivity index (χ2n) is 6.59. The summed E-state index contributed by atoms with van der Waals surface area (Å²) in [5, 5.41) is 5.51. The van der Waals surface area contributed by atoms with E-state index in [1.165, 1.54) is 17.4 Å². The zero-order valence-electron chi connectivity index (χ0n) is 15.9. The molecule has 2 aromatic carbocycles. The van der Waals surface area contributed by atoms with Gasteiger partial charge in [0.05, 0.1) is 18.4 Å². The Morgan fingerprint density at radius 1 is 0.893 bits per heavy atom. The predicted octanol–water partition coefficient (Wildman–Crippen LogP) is 3.66. The molecule has 2 N–H and O–H groups in total. The van der Waals surface area contributed by atoms with Crippen molar-refractivity contribution in [1.29, 1.82) is 0 Å². The lowest BCUT2D eigenvalue weighted by Crippen LogP contribution is -2.37. The van der Waals surface area contributed by atoms with Gasteiger partial charge in [-0.3, -0.25) is 9.59 Å². The van der Waals surface area contributed by atoms with E-state index in [9.17, 15) is 9.59 Å². The molecule has 0 aliphatic heterocycles. The van der Waals surface area contributed by atoms with Crippen LogP contribution in [0.25, 0.3) is 0 Å². The molecule has 5 heteroatoms. The number of hydrogen-bond acceptors (Lipinski definition) is 3. The van der Waals surface area contributed by atoms with Crippen molar-refractivity contribution >= 4 is 11.8 Å². The first-order valence-corrected chi connectivity index (χ1v) is 9.34. The van der Waals surface area contributed by atoms with Gasteiger partial charge in [-0.2, -0.15) is 0 Å². The van der Waals surface area contributed by atoms with Crippen molar-refractivity contribution in [1.82, 2.24) is 10.6 Å². The SMILES string of the molecule is Cc1occc1C(=O)NCC(=O)NCCC(c1ccccc1)c1ccccc1. The molecule has 0 radical (unpaired) electrons. The third kappa shape index (κ3) is 5.10. The molecule has 0 bridgehead atoms. The molecule has 2 amide bonds. The van der Waals surface area contributed by atoms with Gasteiger partial charge in [-0.1, -0.05) is 60.7 Å². The maximum atomic E-state index is 12.1. The van der Waals surface area contributed by atoms with Crippen molar-refractivity contribution in [3.63, 3.8) is 0 Å². The van der Waals surface area contributed by atoms with Gasteiger partial charge in [0.25, 0.3) is 5.91 Å². The summed E-state index contributed by atoms with van der Waals surface area (Å²) in [5.41, 5.74) is 2.87. The monoisotopic (exact) mass is 376 g/mol. The van der Waals surface area contributed by atoms with Crippen LogP contribution >= 0.6 is 0 Å². The molecule has 0 saturated heterocycles. The Balaban J connectivity index is 1.52. The second kappa shape index (κ2) is 9.55. The van der Waals surface area contributed by atoms with Gasteiger partial charge in [0.2, 0.25) is 5.91 Å². The van der Waals surface area contributed by atoms with E-state index in [4.69, 9.17) is 4.42 Å². The molecule has 3 rings (SSSR count). The van der Waals surface area contributed by atoms with E-state index in [0.717, 1.165) is 6.42 Å². The zero-order chi connectivity index (χ0) is 19.8. The van der Waals surface area contributed by atoms with Gasteiger partial charge >= 0.3 is 0 Å². The summed E-state index contributed by atoms with van der Waals surface area (Å²) in [6, 6.07) is 22.1. The fraction of sp³-hybridized carbons (Fsp3) is 0.217. The number of nitrogens with one attached hydrogen (secondary N) is 2. The predicted molar refractivity (Wildman–Crippen MR) is 108 cm³/mol. The standard InChI is InChI=1S/C23H24N2O3/c1-17-20(13-15-28-17)23(27)25-16-22(26)24-14-12-21(18-8-4-2-5-9-18)19-10-6-3-7-11-19/h2-11,13,15,21H,12,14,16H2,1H3,(H,24,26)(H,25,27). The molecule has 1 heterocycles. The van der Waals surface area contributed by atoms with E-state index >= 15 is 0 Å². The quantitative estimate of drug-likeness (QED) is 0.630. The van der Waals surface area contributed by atoms with E-state index in [0.29, 0.717) is 17.9 Å². The minimum absolute atomic E-state index is 0.0647. The van der Waals surface area contributed by atoms with Crippen molar-refractivity contribution in [2.45, 2.75) is 19.3 Å². The maximum Gasteiger partial charge on any atom is 0.255 e. The summed E-state index contributed by atoms with van der Waals surface area (Å²) in [6.45, 7) is 2.17. The second-order valence-corrected chi connectivity index (χ2v) is 6.59. The van der Waals surface area contributed by atoms with Gasteiger partial charge < -0.3 is 15.1 Å². The van der Waals surface area contributed by atoms with Gasteiger partial charge in [-0.25, -0.2) is 0 Å². The van der Waals surface area contributed by atoms with Crippen molar-refractivity contribution < 1.29 is 14.0 Å². The van der Waals surface area contributed by atoms with Crippen LogP contribution in [0.3, 0.4) is 0 Å². The minimum Gasteiger partial charge on any atom is -0.469 e. The molecule has 0 aliphatic carbocycles. The summed E-state index contributed by atoms with van der Waals surface area (Å²) >= 11 is 0. The fourth-order valence-electron chi connectivity index (χ4n) is 3.19. The Labute approximate surface area is 164 Å². The van der Waals surface area contributed by atoms with Gasteiger partial charge in [0, 0.05) is 12.5 Å². The van der Waals surface area contributed by atoms with E-state index in [1.54, 1.807) is 13.0 Å². The lowest BCUT2D eigenvalue weighted by Gasteiger charge is -2.18. The van der Waals surface area contributed by atoms with E-state index in [-0.39, 0.29) is 24.3 Å². The van der Waals surface area contributed by atoms with E-state index in [2.05, 4.69) is 34.9 Å². The van der Waals surface area contributed by atoms with Crippen LogP contribution in [0, 0.1) is 6.92 Å². The summed E-state index contributed by atoms with van der Waals surface area (Å²) in [6.07, 6.45) is 2.23. The van der Waals surface area contributed by atoms with Crippen LogP contribution in [0.2, 0.25) is 0 Å². The van der Waals surface area contributed by atoms with Gasteiger partial charge in [0.15, 0.2) is 0 Å². The Hall–Kier alpha value is -3.34. The average Bonchev–Trinajstić information content (AvgIpc) is 3.17. The third-order valence-corrected chi connectivity index (χ3v) is 4.67. The fourth-order valence-corrected chi connectivity index (χ4v) is 3.19. The van der Waals surface area contributed by atoms with Crippen LogP contribution in [0.1, 0.15) is 39.6 Å². The zero-order valence-corrected chi connectivity index (χ0v) is 15.9. The molecule has 0 aliphatic rings. The smallest absolute Gasteiger partial charge is 0.255 e. The summed E-state index contributed by atoms with van der Waals surface area (Å²) in [4.78, 5) is 24.1. The highest BCUT2D eigenvalue weighted by Crippen LogP contribution is 2.27. The average molecular weight is 376 g/mol. The Morgan fingerprint density at radius 2 is 1.50 bits per heavy atom. The van der Waals surface area contributed by atoms with Crippen LogP contribution in [0.15, 0.2) is 77.4 Å². The molecular formula is C23H24N2O3. The Bertz CT molecular complexity index is 864. The largest absolute Gasteiger partial charge is 0.469 e. The number of aryl methyl sites for hydroxylation is 1. The molecule has 144 valence electrons. The van der Waals surface area contributed by atoms with E-state index < -0.39 is 0 Å². The molecule has 3 aromatic rings. The number of furan rings is 1. The van der Waals surface area contributed by atoms with Crippen molar-refractivity contribution in [2.24, 2.45) is 0 Å². The van der Waals surface area contributed by atoms with E-state index in [1.807, 2.05) is 36.4 Å². The molecule has 5 nitrogen and oxygen atoms in total. The number of amides is 2. The minimum atomic E-state index is -0.312. The first-order valence-electron chi connectivity index (χ1n) is 9.34. The van der Waals surface area contributed by atoms with Crippen molar-refractivity contribution in [2.75, 3.05) is 13.1 Å². The molecule has 0 unspecified atom stereocenters. The van der Waals surface area contributed by atoms with Crippen LogP contribution in [-0.2, 0) is 4.79 Å². The van der Waals surface area contributed by atoms with Gasteiger partial charge in [0.1, 0.15) is 5.76 Å². The molecular weight excluding hydrogens is 352 g/mol. The molecule has 0 atom stereocenters. The normalized spacial score (nSPS) is 10.6. The first-order chi connectivity index (χ1) is 13.6. The number of rotatable bonds is 8. The topological polar surface area (TPSA) is 71.3 Å². The number of carbonyl (C=O) groups is 2. The Kier molecular flexibility index (Phi) is 6.63. The first kappa shape index (κ1) is 19.4. The van der Waals surface area contributed by atoms with Gasteiger partial charge in [-0.05, 0) is 30.5 Å². The van der Waals surface area contributed by atoms with Crippen molar-refractivity contribution in [3.05, 3.63) is 95.4 Å². The molecule has 1 aromatic heterocycles. The maximum absolute atomic E-state index is 12.1. The highest BCUT2D eigenvalue weighted by Gasteiger charge is 2.15. The van der Waals surface area contributed by atoms with Crippen LogP contribution in [0.5, 0.6) is 0 Å². The lowest BCUT2D eigenvalue weighted by atomic mass is 9.88. The van der Waals surface area contributed by atoms with Crippen LogP contribution in [0.4, 0.5) is 0 Å². The summed E-state index contributed by atoms with van der Waals surface area (Å²) < 4.78 is 5.11. The molecule has 0 fully saturated rings. The lowest BCUT2D eigenvalue weighted by molar-refractivity contribution is -0.120. The Morgan fingerprint density at radius 3 is 2.04 bits per heavy atom. The number of benzene rings is 2. The summed E-state index contributed by atoms with van der Waals surface area (Å²) in [7, 11) is 0. The van der Waals surface area contributed by atoms with Crippen LogP contribution < -0.4 is 10.6 Å². The molecule has 0 saturated carbocycles. The molecule has 28 heavy (non-hydrogen) atoms. The van der Waals surface area contributed by atoms with Crippen molar-refractivity contribution in [3.8, 4) is 0 Å². The molecule has 0 spiro atoms. The summed E-state index contributed by atoms with van der Waals surface area (Å²) in [5.74, 6) is 0.208. The number of hydrogen-bond donors (Lipinski definition) is 2.